The molecule has 0 bridgehead atoms. The minimum atomic E-state index is -0.270. The van der Waals surface area contributed by atoms with E-state index in [4.69, 9.17) is 4.74 Å². The third kappa shape index (κ3) is 5.68. The van der Waals surface area contributed by atoms with E-state index in [9.17, 15) is 9.18 Å². The summed E-state index contributed by atoms with van der Waals surface area (Å²) in [6, 6.07) is 6.15. The first-order valence-corrected chi connectivity index (χ1v) is 9.05. The summed E-state index contributed by atoms with van der Waals surface area (Å²) in [7, 11) is 0. The van der Waals surface area contributed by atoms with E-state index in [1.54, 1.807) is 18.2 Å². The Bertz CT molecular complexity index is 727. The smallest absolute Gasteiger partial charge is 0.230 e. The van der Waals surface area contributed by atoms with Gasteiger partial charge in [-0.05, 0) is 36.6 Å². The number of hydrogen-bond donors (Lipinski definition) is 2. The van der Waals surface area contributed by atoms with Crippen molar-refractivity contribution >= 4 is 29.8 Å². The van der Waals surface area contributed by atoms with Crippen LogP contribution < -0.4 is 5.32 Å². The van der Waals surface area contributed by atoms with Gasteiger partial charge in [-0.1, -0.05) is 30.0 Å². The second-order valence-electron chi connectivity index (χ2n) is 5.62. The van der Waals surface area contributed by atoms with Crippen molar-refractivity contribution < 1.29 is 13.9 Å². The average Bonchev–Trinajstić information content (AvgIpc) is 3.29. The summed E-state index contributed by atoms with van der Waals surface area (Å²) in [5, 5.41) is 10.2. The van der Waals surface area contributed by atoms with Crippen molar-refractivity contribution in [3.05, 3.63) is 41.5 Å². The predicted molar refractivity (Wildman–Crippen MR) is 94.4 cm³/mol. The van der Waals surface area contributed by atoms with Crippen LogP contribution in [0.2, 0.25) is 0 Å². The molecule has 0 aliphatic carbocycles. The largest absolute Gasteiger partial charge is 0.376 e. The number of carbonyl (C=O) groups excluding carboxylic acids is 1. The molecule has 1 aromatic carbocycles. The van der Waals surface area contributed by atoms with Crippen LogP contribution in [0.1, 0.15) is 24.2 Å². The van der Waals surface area contributed by atoms with Gasteiger partial charge in [-0.15, -0.1) is 5.10 Å². The van der Waals surface area contributed by atoms with E-state index in [-0.39, 0.29) is 23.6 Å². The maximum atomic E-state index is 12.9. The Labute approximate surface area is 149 Å². The normalized spacial score (nSPS) is 17.2. The molecule has 2 N–H and O–H groups in total. The maximum absolute atomic E-state index is 12.9. The van der Waals surface area contributed by atoms with Crippen LogP contribution in [0.5, 0.6) is 0 Å². The summed E-state index contributed by atoms with van der Waals surface area (Å²) in [5.74, 6) is 0.500. The zero-order valence-electron chi connectivity index (χ0n) is 13.6. The molecule has 2 heterocycles. The number of carbonyl (C=O) groups is 1. The Morgan fingerprint density at radius 2 is 2.24 bits per heavy atom. The van der Waals surface area contributed by atoms with Gasteiger partial charge in [0.25, 0.3) is 0 Å². The van der Waals surface area contributed by atoms with Crippen molar-refractivity contribution in [2.45, 2.75) is 24.1 Å². The number of rotatable bonds is 7. The van der Waals surface area contributed by atoms with Crippen LogP contribution in [-0.2, 0) is 9.53 Å². The van der Waals surface area contributed by atoms with E-state index in [1.807, 2.05) is 6.08 Å². The summed E-state index contributed by atoms with van der Waals surface area (Å²) in [4.78, 5) is 16.1. The maximum Gasteiger partial charge on any atom is 0.230 e. The zero-order valence-corrected chi connectivity index (χ0v) is 14.4. The molecule has 0 radical (unpaired) electrons. The van der Waals surface area contributed by atoms with E-state index >= 15 is 0 Å². The fourth-order valence-corrected chi connectivity index (χ4v) is 3.00. The van der Waals surface area contributed by atoms with Crippen LogP contribution in [-0.4, -0.2) is 46.1 Å². The molecule has 1 aliphatic heterocycles. The zero-order chi connectivity index (χ0) is 17.5. The Kier molecular flexibility index (Phi) is 6.19. The molecule has 132 valence electrons. The molecule has 1 atom stereocenters. The quantitative estimate of drug-likeness (QED) is 0.740. The van der Waals surface area contributed by atoms with Gasteiger partial charge in [0, 0.05) is 13.2 Å². The van der Waals surface area contributed by atoms with Crippen LogP contribution in [0, 0.1) is 5.82 Å². The van der Waals surface area contributed by atoms with E-state index in [2.05, 4.69) is 20.5 Å². The van der Waals surface area contributed by atoms with Crippen LogP contribution in [0.15, 0.2) is 29.4 Å². The predicted octanol–water partition coefficient (Wildman–Crippen LogP) is 2.50. The summed E-state index contributed by atoms with van der Waals surface area (Å²) >= 11 is 1.27. The third-order valence-corrected chi connectivity index (χ3v) is 4.52. The lowest BCUT2D eigenvalue weighted by molar-refractivity contribution is -0.119. The molecular formula is C17H19FN4O2S. The number of hydrogen-bond acceptors (Lipinski definition) is 5. The lowest BCUT2D eigenvalue weighted by atomic mass is 10.2. The Balaban J connectivity index is 1.43. The number of H-pyrrole nitrogens is 1. The molecule has 2 aromatic rings. The van der Waals surface area contributed by atoms with Gasteiger partial charge in [0.1, 0.15) is 11.6 Å². The molecule has 6 nitrogen and oxygen atoms in total. The number of nitrogens with one attached hydrogen (secondary N) is 2. The highest BCUT2D eigenvalue weighted by molar-refractivity contribution is 7.99. The summed E-state index contributed by atoms with van der Waals surface area (Å²) in [5.41, 5.74) is 0.862. The van der Waals surface area contributed by atoms with E-state index in [1.165, 1.54) is 23.9 Å². The average molecular weight is 362 g/mol. The standard InChI is InChI=1S/C17H19FN4O2S/c18-13-6-3-12(4-7-13)5-8-15-20-17(22-21-15)25-11-16(23)19-10-14-2-1-9-24-14/h3-8,14H,1-2,9-11H2,(H,19,23)(H,20,21,22)/b8-5+. The van der Waals surface area contributed by atoms with Crippen molar-refractivity contribution in [2.24, 2.45) is 0 Å². The van der Waals surface area contributed by atoms with Crippen LogP contribution in [0.4, 0.5) is 4.39 Å². The van der Waals surface area contributed by atoms with Gasteiger partial charge in [-0.3, -0.25) is 9.89 Å². The Morgan fingerprint density at radius 1 is 1.40 bits per heavy atom. The molecule has 3 rings (SSSR count). The number of benzene rings is 1. The molecule has 1 amide bonds. The highest BCUT2D eigenvalue weighted by atomic mass is 32.2. The number of aromatic amines is 1. The first-order valence-electron chi connectivity index (χ1n) is 8.06. The van der Waals surface area contributed by atoms with Crippen LogP contribution in [0.3, 0.4) is 0 Å². The number of thioether (sulfide) groups is 1. The van der Waals surface area contributed by atoms with Gasteiger partial charge < -0.3 is 10.1 Å². The van der Waals surface area contributed by atoms with Gasteiger partial charge >= 0.3 is 0 Å². The molecule has 0 saturated carbocycles. The van der Waals surface area contributed by atoms with Gasteiger partial charge in [0.05, 0.1) is 11.9 Å². The molecule has 1 saturated heterocycles. The van der Waals surface area contributed by atoms with E-state index in [0.29, 0.717) is 17.5 Å². The van der Waals surface area contributed by atoms with Crippen LogP contribution >= 0.6 is 11.8 Å². The van der Waals surface area contributed by atoms with Crippen molar-refractivity contribution in [3.8, 4) is 0 Å². The summed E-state index contributed by atoms with van der Waals surface area (Å²) in [6.45, 7) is 1.33. The molecule has 1 unspecified atom stereocenters. The molecular weight excluding hydrogens is 343 g/mol. The third-order valence-electron chi connectivity index (χ3n) is 3.67. The highest BCUT2D eigenvalue weighted by Gasteiger charge is 2.16. The summed E-state index contributed by atoms with van der Waals surface area (Å²) in [6.07, 6.45) is 5.75. The van der Waals surface area contributed by atoms with Gasteiger partial charge in [0.2, 0.25) is 11.1 Å². The second kappa shape index (κ2) is 8.77. The minimum absolute atomic E-state index is 0.0614. The molecule has 1 aliphatic rings. The van der Waals surface area contributed by atoms with Crippen molar-refractivity contribution in [3.63, 3.8) is 0 Å². The first kappa shape index (κ1) is 17.6. The molecule has 0 spiro atoms. The Hall–Kier alpha value is -2.19. The van der Waals surface area contributed by atoms with Gasteiger partial charge in [0.15, 0.2) is 0 Å². The second-order valence-corrected chi connectivity index (χ2v) is 6.56. The van der Waals surface area contributed by atoms with E-state index in [0.717, 1.165) is 25.0 Å². The fourth-order valence-electron chi connectivity index (χ4n) is 2.36. The lowest BCUT2D eigenvalue weighted by Crippen LogP contribution is -2.32. The number of aromatic nitrogens is 3. The van der Waals surface area contributed by atoms with Crippen molar-refractivity contribution in [1.82, 2.24) is 20.5 Å². The van der Waals surface area contributed by atoms with Gasteiger partial charge in [-0.2, -0.15) is 0 Å². The first-order chi connectivity index (χ1) is 12.2. The van der Waals surface area contributed by atoms with Crippen molar-refractivity contribution in [1.29, 1.82) is 0 Å². The van der Waals surface area contributed by atoms with Gasteiger partial charge in [-0.25, -0.2) is 9.37 Å². The minimum Gasteiger partial charge on any atom is -0.376 e. The number of nitrogens with zero attached hydrogens (tertiary/aromatic N) is 2. The molecule has 25 heavy (non-hydrogen) atoms. The molecule has 8 heteroatoms. The summed E-state index contributed by atoms with van der Waals surface area (Å²) < 4.78 is 18.3. The lowest BCUT2D eigenvalue weighted by Gasteiger charge is -2.09. The molecule has 1 fully saturated rings. The molecule has 1 aromatic heterocycles. The number of halogens is 1. The Morgan fingerprint density at radius 3 is 3.00 bits per heavy atom. The highest BCUT2D eigenvalue weighted by Crippen LogP contribution is 2.14. The fraction of sp³-hybridized carbons (Fsp3) is 0.353. The van der Waals surface area contributed by atoms with Crippen molar-refractivity contribution in [2.75, 3.05) is 18.9 Å². The SMILES string of the molecule is O=C(CSc1n[nH]c(/C=C/c2ccc(F)cc2)n1)NCC1CCCO1. The van der Waals surface area contributed by atoms with E-state index < -0.39 is 0 Å². The monoisotopic (exact) mass is 362 g/mol. The number of ether oxygens (including phenoxy) is 1. The number of amides is 1. The topological polar surface area (TPSA) is 79.9 Å². The van der Waals surface area contributed by atoms with Crippen LogP contribution in [0.25, 0.3) is 12.2 Å².